The largest absolute Gasteiger partial charge is 0.478 e. The van der Waals surface area contributed by atoms with Crippen LogP contribution in [0.2, 0.25) is 0 Å². The lowest BCUT2D eigenvalue weighted by atomic mass is 9.78. The van der Waals surface area contributed by atoms with Gasteiger partial charge in [-0.15, -0.1) is 0 Å². The van der Waals surface area contributed by atoms with Gasteiger partial charge in [0.15, 0.2) is 0 Å². The highest BCUT2D eigenvalue weighted by Gasteiger charge is 2.46. The Labute approximate surface area is 365 Å². The molecule has 7 rings (SSSR count). The first-order chi connectivity index (χ1) is 27.7. The number of hydrogen-bond donors (Lipinski definition) is 4. The van der Waals surface area contributed by atoms with Gasteiger partial charge < -0.3 is 20.4 Å². The van der Waals surface area contributed by atoms with Crippen LogP contribution in [-0.4, -0.2) is 49.1 Å². The van der Waals surface area contributed by atoms with Gasteiger partial charge in [-0.05, 0) is 134 Å². The predicted octanol–water partition coefficient (Wildman–Crippen LogP) is 12.5. The summed E-state index contributed by atoms with van der Waals surface area (Å²) in [5.74, 6) is -4.17. The summed E-state index contributed by atoms with van der Waals surface area (Å²) in [7, 11) is 0. The number of carboxylic acid groups (broad SMARTS) is 4. The minimum atomic E-state index is -1.11. The first kappa shape index (κ1) is 40.8. The van der Waals surface area contributed by atoms with Gasteiger partial charge in [-0.3, -0.25) is 0 Å². The van der Waals surface area contributed by atoms with E-state index in [9.17, 15) is 39.6 Å². The maximum Gasteiger partial charge on any atom is 0.335 e. The van der Waals surface area contributed by atoms with Gasteiger partial charge in [0.05, 0.1) is 27.1 Å². The van der Waals surface area contributed by atoms with Crippen LogP contribution in [0.15, 0.2) is 148 Å². The van der Waals surface area contributed by atoms with Crippen LogP contribution in [0.1, 0.15) is 58.1 Å². The summed E-state index contributed by atoms with van der Waals surface area (Å²) in [5.41, 5.74) is 9.22. The quantitative estimate of drug-likeness (QED) is 0.0991. The Morgan fingerprint density at radius 1 is 0.448 bits per heavy atom. The lowest BCUT2D eigenvalue weighted by molar-refractivity contribution is 0.0686. The predicted molar refractivity (Wildman–Crippen MR) is 238 cm³/mol. The Morgan fingerprint density at radius 3 is 1.21 bits per heavy atom. The standard InChI is InChI=1S/C46H28Br4O8/c47-39-37(35-22-33(25-6-12-28(13-7-25)43(53)54)21-34(23-35)26-8-14-29(15-9-26)44(55)56)41(49)46(50,36-18-16-30(17-19-36)45(57)58)38(40(39)48)32-3-1-2-31(20-32)24-4-10-27(11-5-24)42(51)52/h1-23,39H,(H,51,52)(H,53,54)(H,55,56)(H,57,58). The smallest absolute Gasteiger partial charge is 0.335 e. The summed E-state index contributed by atoms with van der Waals surface area (Å²) < 4.78 is 0.341. The molecule has 1 aliphatic carbocycles. The van der Waals surface area contributed by atoms with Crippen LogP contribution in [0.3, 0.4) is 0 Å². The van der Waals surface area contributed by atoms with Crippen LogP contribution in [0.25, 0.3) is 44.5 Å². The molecule has 58 heavy (non-hydrogen) atoms. The number of alkyl halides is 2. The molecule has 0 amide bonds. The average molecular weight is 1030 g/mol. The van der Waals surface area contributed by atoms with Crippen molar-refractivity contribution in [3.63, 3.8) is 0 Å². The molecule has 0 saturated heterocycles. The normalized spacial score (nSPS) is 16.6. The van der Waals surface area contributed by atoms with Crippen LogP contribution >= 0.6 is 63.7 Å². The Kier molecular flexibility index (Phi) is 11.6. The van der Waals surface area contributed by atoms with E-state index in [4.69, 9.17) is 0 Å². The molecule has 0 fully saturated rings. The summed E-state index contributed by atoms with van der Waals surface area (Å²) >= 11 is 16.2. The molecule has 2 unspecified atom stereocenters. The van der Waals surface area contributed by atoms with E-state index in [1.807, 2.05) is 42.5 Å². The second-order valence-corrected chi connectivity index (χ2v) is 17.1. The van der Waals surface area contributed by atoms with E-state index >= 15 is 0 Å². The first-order valence-electron chi connectivity index (χ1n) is 17.4. The van der Waals surface area contributed by atoms with E-state index in [2.05, 4.69) is 63.7 Å². The van der Waals surface area contributed by atoms with Crippen molar-refractivity contribution in [2.24, 2.45) is 0 Å². The Hall–Kier alpha value is -5.40. The van der Waals surface area contributed by atoms with E-state index in [0.717, 1.165) is 60.1 Å². The van der Waals surface area contributed by atoms with E-state index in [1.165, 1.54) is 0 Å². The molecule has 0 aliphatic heterocycles. The molecule has 6 aromatic carbocycles. The number of carboxylic acids is 4. The van der Waals surface area contributed by atoms with Crippen LogP contribution in [0, 0.1) is 0 Å². The van der Waals surface area contributed by atoms with E-state index < -0.39 is 33.0 Å². The Bertz CT molecular complexity index is 2630. The first-order valence-corrected chi connectivity index (χ1v) is 20.7. The van der Waals surface area contributed by atoms with Gasteiger partial charge in [-0.2, -0.15) is 0 Å². The third kappa shape index (κ3) is 7.77. The third-order valence-electron chi connectivity index (χ3n) is 9.92. The maximum atomic E-state index is 11.9. The van der Waals surface area contributed by atoms with Crippen molar-refractivity contribution in [2.45, 2.75) is 9.15 Å². The van der Waals surface area contributed by atoms with Crippen LogP contribution in [0.4, 0.5) is 0 Å². The Morgan fingerprint density at radius 2 is 0.793 bits per heavy atom. The van der Waals surface area contributed by atoms with Gasteiger partial charge in [-0.25, -0.2) is 19.2 Å². The number of carbonyl (C=O) groups is 4. The fourth-order valence-corrected chi connectivity index (χ4v) is 10.8. The highest BCUT2D eigenvalue weighted by molar-refractivity contribution is 9.15. The van der Waals surface area contributed by atoms with Gasteiger partial charge in [0.25, 0.3) is 0 Å². The molecule has 0 aromatic heterocycles. The molecule has 4 N–H and O–H groups in total. The number of aromatic carboxylic acids is 4. The minimum absolute atomic E-state index is 0.117. The molecule has 0 bridgehead atoms. The van der Waals surface area contributed by atoms with Crippen molar-refractivity contribution in [3.05, 3.63) is 187 Å². The zero-order valence-electron chi connectivity index (χ0n) is 29.8. The lowest BCUT2D eigenvalue weighted by Gasteiger charge is -2.40. The number of allylic oxidation sites excluding steroid dienone is 4. The zero-order chi connectivity index (χ0) is 41.5. The molecule has 288 valence electrons. The van der Waals surface area contributed by atoms with Gasteiger partial charge in [0, 0.05) is 8.96 Å². The molecule has 0 heterocycles. The summed E-state index contributed by atoms with van der Waals surface area (Å²) in [6.07, 6.45) is 0. The molecule has 0 radical (unpaired) electrons. The van der Waals surface area contributed by atoms with Crippen LogP contribution in [-0.2, 0) is 4.32 Å². The van der Waals surface area contributed by atoms with Gasteiger partial charge in [-0.1, -0.05) is 130 Å². The molecule has 8 nitrogen and oxygen atoms in total. The van der Waals surface area contributed by atoms with Crippen molar-refractivity contribution in [1.29, 1.82) is 0 Å². The SMILES string of the molecule is O=C(O)c1ccc(-c2cccc(C3=C(Br)C(Br)C(c4cc(-c5ccc(C(=O)O)cc5)cc(-c5ccc(C(=O)O)cc5)c4)=C(Br)C3(Br)c3ccc(C(=O)O)cc3)c2)cc1. The van der Waals surface area contributed by atoms with Crippen molar-refractivity contribution >= 4 is 98.7 Å². The molecule has 1 aliphatic rings. The second kappa shape index (κ2) is 16.5. The fourth-order valence-electron chi connectivity index (χ4n) is 6.93. The topological polar surface area (TPSA) is 149 Å². The molecule has 0 saturated carbocycles. The molecule has 12 heteroatoms. The number of benzene rings is 6. The average Bonchev–Trinajstić information content (AvgIpc) is 3.23. The third-order valence-corrected chi connectivity index (χ3v) is 15.1. The van der Waals surface area contributed by atoms with Crippen molar-refractivity contribution in [3.8, 4) is 33.4 Å². The monoisotopic (exact) mass is 1020 g/mol. The zero-order valence-corrected chi connectivity index (χ0v) is 36.1. The lowest BCUT2D eigenvalue weighted by Crippen LogP contribution is -2.29. The number of rotatable bonds is 10. The summed E-state index contributed by atoms with van der Waals surface area (Å²) in [5, 5.41) is 38.4. The second-order valence-electron chi connectivity index (χ2n) is 13.4. The summed E-state index contributed by atoms with van der Waals surface area (Å²) in [4.78, 5) is 46.4. The van der Waals surface area contributed by atoms with Crippen molar-refractivity contribution in [2.75, 3.05) is 0 Å². The molecular formula is C46H28Br4O8. The highest BCUT2D eigenvalue weighted by Crippen LogP contribution is 2.61. The molecule has 2 atom stereocenters. The molecule has 0 spiro atoms. The molecule has 6 aromatic rings. The van der Waals surface area contributed by atoms with Gasteiger partial charge in [0.2, 0.25) is 0 Å². The van der Waals surface area contributed by atoms with Gasteiger partial charge in [0.1, 0.15) is 4.32 Å². The van der Waals surface area contributed by atoms with Crippen molar-refractivity contribution < 1.29 is 39.6 Å². The van der Waals surface area contributed by atoms with E-state index in [-0.39, 0.29) is 22.3 Å². The van der Waals surface area contributed by atoms with E-state index in [1.54, 1.807) is 97.1 Å². The Balaban J connectivity index is 1.45. The van der Waals surface area contributed by atoms with Gasteiger partial charge >= 0.3 is 23.9 Å². The molecular weight excluding hydrogens is 1000 g/mol. The maximum absolute atomic E-state index is 11.9. The summed E-state index contributed by atoms with van der Waals surface area (Å²) in [6.45, 7) is 0. The highest BCUT2D eigenvalue weighted by atomic mass is 79.9. The summed E-state index contributed by atoms with van der Waals surface area (Å²) in [6, 6.07) is 40.2. The minimum Gasteiger partial charge on any atom is -0.478 e. The number of hydrogen-bond acceptors (Lipinski definition) is 4. The number of halogens is 4. The van der Waals surface area contributed by atoms with Crippen LogP contribution in [0.5, 0.6) is 0 Å². The fraction of sp³-hybridized carbons (Fsp3) is 0.0435. The van der Waals surface area contributed by atoms with Crippen LogP contribution < -0.4 is 0 Å². The van der Waals surface area contributed by atoms with E-state index in [0.29, 0.717) is 10.0 Å². The van der Waals surface area contributed by atoms with Crippen molar-refractivity contribution in [1.82, 2.24) is 0 Å².